The van der Waals surface area contributed by atoms with Gasteiger partial charge in [-0.25, -0.2) is 0 Å². The molecule has 2 unspecified atom stereocenters. The molecule has 1 N–H and O–H groups in total. The van der Waals surface area contributed by atoms with Crippen molar-refractivity contribution in [2.75, 3.05) is 19.6 Å². The highest BCUT2D eigenvalue weighted by Crippen LogP contribution is 2.26. The van der Waals surface area contributed by atoms with Crippen molar-refractivity contribution in [1.82, 2.24) is 10.2 Å². The Morgan fingerprint density at radius 3 is 2.68 bits per heavy atom. The summed E-state index contributed by atoms with van der Waals surface area (Å²) in [5.41, 5.74) is 4.44. The molecule has 2 heterocycles. The highest BCUT2D eigenvalue weighted by atomic mass is 35.5. The Morgan fingerprint density at radius 2 is 1.95 bits per heavy atom. The molecule has 0 aromatic heterocycles. The topological polar surface area (TPSA) is 15.3 Å². The normalized spacial score (nSPS) is 26.8. The van der Waals surface area contributed by atoms with Crippen molar-refractivity contribution < 1.29 is 0 Å². The Hall–Kier alpha value is -0.570. The first-order valence-corrected chi connectivity index (χ1v) is 7.25. The maximum atomic E-state index is 3.64. The van der Waals surface area contributed by atoms with Crippen LogP contribution in [-0.4, -0.2) is 30.6 Å². The molecule has 2 saturated heterocycles. The molecule has 19 heavy (non-hydrogen) atoms. The largest absolute Gasteiger partial charge is 0.314 e. The summed E-state index contributed by atoms with van der Waals surface area (Å²) in [5.74, 6) is 0.892. The molecular weight excluding hydrogens is 256 g/mol. The number of hydrogen-bond donors (Lipinski definition) is 1. The van der Waals surface area contributed by atoms with E-state index in [1.54, 1.807) is 5.56 Å². The SMILES string of the molecule is Cc1cccc(C)c1CN1CCC2NCCC2C1.Cl. The molecule has 106 valence electrons. The molecule has 2 fully saturated rings. The lowest BCUT2D eigenvalue weighted by atomic mass is 9.92. The zero-order valence-corrected chi connectivity index (χ0v) is 12.8. The van der Waals surface area contributed by atoms with Gasteiger partial charge in [0.05, 0.1) is 0 Å². The zero-order chi connectivity index (χ0) is 12.5. The van der Waals surface area contributed by atoms with Crippen LogP contribution in [0.25, 0.3) is 0 Å². The highest BCUT2D eigenvalue weighted by molar-refractivity contribution is 5.85. The molecule has 2 aliphatic rings. The molecule has 0 amide bonds. The van der Waals surface area contributed by atoms with E-state index in [9.17, 15) is 0 Å². The van der Waals surface area contributed by atoms with Gasteiger partial charge in [-0.2, -0.15) is 0 Å². The lowest BCUT2D eigenvalue weighted by Crippen LogP contribution is -2.44. The molecule has 0 saturated carbocycles. The summed E-state index contributed by atoms with van der Waals surface area (Å²) < 4.78 is 0. The Morgan fingerprint density at radius 1 is 1.21 bits per heavy atom. The molecule has 1 aromatic rings. The minimum Gasteiger partial charge on any atom is -0.314 e. The number of rotatable bonds is 2. The number of aryl methyl sites for hydroxylation is 2. The molecule has 0 aliphatic carbocycles. The van der Waals surface area contributed by atoms with Crippen molar-refractivity contribution in [3.8, 4) is 0 Å². The quantitative estimate of drug-likeness (QED) is 0.896. The number of likely N-dealkylation sites (tertiary alicyclic amines) is 1. The number of piperidine rings is 1. The predicted molar refractivity (Wildman–Crippen MR) is 83.0 cm³/mol. The second kappa shape index (κ2) is 6.25. The lowest BCUT2D eigenvalue weighted by molar-refractivity contribution is 0.155. The molecule has 2 atom stereocenters. The van der Waals surface area contributed by atoms with Crippen LogP contribution in [0, 0.1) is 19.8 Å². The molecule has 2 nitrogen and oxygen atoms in total. The van der Waals surface area contributed by atoms with Gasteiger partial charge in [0.2, 0.25) is 0 Å². The number of nitrogens with one attached hydrogen (secondary N) is 1. The molecule has 2 aliphatic heterocycles. The van der Waals surface area contributed by atoms with Crippen LogP contribution in [0.5, 0.6) is 0 Å². The summed E-state index contributed by atoms with van der Waals surface area (Å²) in [6.45, 7) is 9.39. The van der Waals surface area contributed by atoms with Crippen LogP contribution in [-0.2, 0) is 6.54 Å². The van der Waals surface area contributed by atoms with Gasteiger partial charge >= 0.3 is 0 Å². The van der Waals surface area contributed by atoms with Crippen LogP contribution in [0.1, 0.15) is 29.5 Å². The first kappa shape index (κ1) is 14.8. The van der Waals surface area contributed by atoms with Crippen LogP contribution in [0.2, 0.25) is 0 Å². The standard InChI is InChI=1S/C16H24N2.ClH/c1-12-4-3-5-13(2)15(12)11-18-9-7-16-14(10-18)6-8-17-16;/h3-5,14,16-17H,6-11H2,1-2H3;1H. The smallest absolute Gasteiger partial charge is 0.0239 e. The number of halogens is 1. The molecular formula is C16H25ClN2. The van der Waals surface area contributed by atoms with Gasteiger partial charge < -0.3 is 5.32 Å². The third-order valence-electron chi connectivity index (χ3n) is 4.77. The van der Waals surface area contributed by atoms with E-state index in [4.69, 9.17) is 0 Å². The van der Waals surface area contributed by atoms with Crippen LogP contribution < -0.4 is 5.32 Å². The van der Waals surface area contributed by atoms with E-state index in [1.165, 1.54) is 43.6 Å². The van der Waals surface area contributed by atoms with Crippen molar-refractivity contribution >= 4 is 12.4 Å². The maximum absolute atomic E-state index is 3.64. The van der Waals surface area contributed by atoms with E-state index < -0.39 is 0 Å². The lowest BCUT2D eigenvalue weighted by Gasteiger charge is -2.35. The van der Waals surface area contributed by atoms with Gasteiger partial charge in [0.1, 0.15) is 0 Å². The number of hydrogen-bond acceptors (Lipinski definition) is 2. The summed E-state index contributed by atoms with van der Waals surface area (Å²) >= 11 is 0. The predicted octanol–water partition coefficient (Wildman–Crippen LogP) is 2.91. The van der Waals surface area contributed by atoms with Gasteiger partial charge in [-0.15, -0.1) is 12.4 Å². The number of nitrogens with zero attached hydrogens (tertiary/aromatic N) is 1. The fraction of sp³-hybridized carbons (Fsp3) is 0.625. The van der Waals surface area contributed by atoms with E-state index in [2.05, 4.69) is 42.3 Å². The molecule has 1 aromatic carbocycles. The molecule has 3 heteroatoms. The maximum Gasteiger partial charge on any atom is 0.0239 e. The Bertz CT molecular complexity index is 413. The summed E-state index contributed by atoms with van der Waals surface area (Å²) in [6.07, 6.45) is 2.70. The molecule has 0 radical (unpaired) electrons. The minimum absolute atomic E-state index is 0. The fourth-order valence-corrected chi connectivity index (χ4v) is 3.59. The summed E-state index contributed by atoms with van der Waals surface area (Å²) in [7, 11) is 0. The van der Waals surface area contributed by atoms with Gasteiger partial charge in [-0.05, 0) is 62.4 Å². The first-order valence-electron chi connectivity index (χ1n) is 7.25. The second-order valence-electron chi connectivity index (χ2n) is 6.00. The summed E-state index contributed by atoms with van der Waals surface area (Å²) in [6, 6.07) is 7.46. The van der Waals surface area contributed by atoms with Crippen molar-refractivity contribution in [1.29, 1.82) is 0 Å². The number of fused-ring (bicyclic) bond motifs is 1. The van der Waals surface area contributed by atoms with Crippen molar-refractivity contribution in [2.45, 2.75) is 39.3 Å². The summed E-state index contributed by atoms with van der Waals surface area (Å²) in [4.78, 5) is 2.66. The van der Waals surface area contributed by atoms with Crippen molar-refractivity contribution in [3.63, 3.8) is 0 Å². The van der Waals surface area contributed by atoms with E-state index in [-0.39, 0.29) is 12.4 Å². The van der Waals surface area contributed by atoms with Gasteiger partial charge in [0, 0.05) is 19.1 Å². The van der Waals surface area contributed by atoms with Crippen LogP contribution in [0.4, 0.5) is 0 Å². The number of benzene rings is 1. The van der Waals surface area contributed by atoms with Gasteiger partial charge in [0.15, 0.2) is 0 Å². The van der Waals surface area contributed by atoms with Crippen molar-refractivity contribution in [2.24, 2.45) is 5.92 Å². The first-order chi connectivity index (χ1) is 8.74. The third kappa shape index (κ3) is 3.13. The highest BCUT2D eigenvalue weighted by Gasteiger charge is 2.32. The average Bonchev–Trinajstić information content (AvgIpc) is 2.81. The molecule has 3 rings (SSSR count). The van der Waals surface area contributed by atoms with E-state index >= 15 is 0 Å². The summed E-state index contributed by atoms with van der Waals surface area (Å²) in [5, 5.41) is 3.64. The minimum atomic E-state index is 0. The Balaban J connectivity index is 0.00000133. The molecule has 0 bridgehead atoms. The fourth-order valence-electron chi connectivity index (χ4n) is 3.59. The average molecular weight is 281 g/mol. The zero-order valence-electron chi connectivity index (χ0n) is 12.0. The van der Waals surface area contributed by atoms with E-state index in [1.807, 2.05) is 0 Å². The molecule has 0 spiro atoms. The Labute approximate surface area is 123 Å². The van der Waals surface area contributed by atoms with Crippen LogP contribution in [0.3, 0.4) is 0 Å². The Kier molecular flexibility index (Phi) is 4.88. The van der Waals surface area contributed by atoms with Crippen LogP contribution >= 0.6 is 12.4 Å². The van der Waals surface area contributed by atoms with Crippen molar-refractivity contribution in [3.05, 3.63) is 34.9 Å². The second-order valence-corrected chi connectivity index (χ2v) is 6.00. The van der Waals surface area contributed by atoms with Crippen LogP contribution in [0.15, 0.2) is 18.2 Å². The van der Waals surface area contributed by atoms with E-state index in [0.29, 0.717) is 0 Å². The van der Waals surface area contributed by atoms with Gasteiger partial charge in [-0.1, -0.05) is 18.2 Å². The third-order valence-corrected chi connectivity index (χ3v) is 4.77. The van der Waals surface area contributed by atoms with E-state index in [0.717, 1.165) is 18.5 Å². The monoisotopic (exact) mass is 280 g/mol. The van der Waals surface area contributed by atoms with Gasteiger partial charge in [-0.3, -0.25) is 4.90 Å². The van der Waals surface area contributed by atoms with Gasteiger partial charge in [0.25, 0.3) is 0 Å².